The minimum atomic E-state index is -1.19. The highest BCUT2D eigenvalue weighted by Crippen LogP contribution is 2.56. The van der Waals surface area contributed by atoms with Gasteiger partial charge in [0, 0.05) is 111 Å². The van der Waals surface area contributed by atoms with Crippen molar-refractivity contribution in [3.05, 3.63) is 87.2 Å². The van der Waals surface area contributed by atoms with Crippen LogP contribution in [0.2, 0.25) is 5.02 Å². The van der Waals surface area contributed by atoms with Crippen LogP contribution >= 0.6 is 11.6 Å². The first-order valence-corrected chi connectivity index (χ1v) is 26.1. The number of anilines is 1. The molecule has 5 amide bonds. The standard InChI is InChI=1S/C53H61ClF4N10O7/c1-28-41-39(23-37(56)45(54)44(41)43-34(49(59)71)8-9-38(46(43)57)74-21-20-69)75-53(28,32-24-61-64(2)26-32)27-60-33-6-4-31(5-7-33)51(72)67-17-10-29(11-18-67)25-66-15-12-30(13-16-66)42-36(55)22-35-48(47(42)58)65(3)63-50(35)68-19-14-40(70)62-52(68)73/h8-9,22-24,26,28-31,33,60,69H,4-7,10-21,25,27H2,1-3H3,(H2,59,71)(H,62,70,73). The lowest BCUT2D eigenvalue weighted by molar-refractivity contribution is -0.138. The lowest BCUT2D eigenvalue weighted by Gasteiger charge is -2.40. The Kier molecular flexibility index (Phi) is 14.6. The molecular formula is C53H61ClF4N10O7. The van der Waals surface area contributed by atoms with E-state index >= 15 is 17.6 Å². The van der Waals surface area contributed by atoms with Crippen molar-refractivity contribution < 1.29 is 51.3 Å². The molecule has 22 heteroatoms. The highest BCUT2D eigenvalue weighted by atomic mass is 35.5. The molecule has 1 saturated carbocycles. The molecule has 3 aromatic carbocycles. The van der Waals surface area contributed by atoms with Crippen molar-refractivity contribution in [2.45, 2.75) is 88.2 Å². The quantitative estimate of drug-likeness (QED) is 0.0857. The maximum Gasteiger partial charge on any atom is 0.329 e. The Hall–Kier alpha value is -6.29. The predicted molar refractivity (Wildman–Crippen MR) is 269 cm³/mol. The van der Waals surface area contributed by atoms with Crippen LogP contribution in [0.5, 0.6) is 11.5 Å². The highest BCUT2D eigenvalue weighted by molar-refractivity contribution is 6.34. The minimum absolute atomic E-state index is 0.0122. The number of primary amides is 1. The van der Waals surface area contributed by atoms with Gasteiger partial charge < -0.3 is 35.4 Å². The fourth-order valence-electron chi connectivity index (χ4n) is 12.3. The Morgan fingerprint density at radius 2 is 1.68 bits per heavy atom. The van der Waals surface area contributed by atoms with Crippen molar-refractivity contribution in [1.82, 2.24) is 40.0 Å². The molecule has 1 aliphatic carbocycles. The fourth-order valence-corrected chi connectivity index (χ4v) is 12.6. The summed E-state index contributed by atoms with van der Waals surface area (Å²) in [6.45, 7) is 5.06. The van der Waals surface area contributed by atoms with Gasteiger partial charge in [-0.15, -0.1) is 0 Å². The van der Waals surface area contributed by atoms with Crippen molar-refractivity contribution >= 4 is 52.1 Å². The highest BCUT2D eigenvalue weighted by Gasteiger charge is 2.51. The number of ether oxygens (including phenoxy) is 2. The number of amides is 5. The van der Waals surface area contributed by atoms with Gasteiger partial charge >= 0.3 is 6.03 Å². The summed E-state index contributed by atoms with van der Waals surface area (Å²) in [7, 11) is 3.32. The molecule has 4 fully saturated rings. The number of nitrogens with one attached hydrogen (secondary N) is 2. The first-order valence-electron chi connectivity index (χ1n) is 25.7. The summed E-state index contributed by atoms with van der Waals surface area (Å²) in [5, 5.41) is 23.8. The smallest absolute Gasteiger partial charge is 0.329 e. The number of piperidine rings is 2. The topological polar surface area (TPSA) is 202 Å². The minimum Gasteiger partial charge on any atom is -0.488 e. The Morgan fingerprint density at radius 3 is 2.35 bits per heavy atom. The van der Waals surface area contributed by atoms with Gasteiger partial charge in [0.15, 0.2) is 28.8 Å². The number of imide groups is 1. The number of urea groups is 1. The molecule has 5 aromatic rings. The number of fused-ring (bicyclic) bond motifs is 2. The summed E-state index contributed by atoms with van der Waals surface area (Å²) in [5.41, 5.74) is 5.06. The number of aromatic nitrogens is 4. The number of hydrogen-bond acceptors (Lipinski definition) is 11. The fraction of sp³-hybridized carbons (Fsp3) is 0.509. The van der Waals surface area contributed by atoms with Crippen molar-refractivity contribution in [2.24, 2.45) is 31.7 Å². The second kappa shape index (κ2) is 21.0. The molecule has 400 valence electrons. The van der Waals surface area contributed by atoms with Crippen molar-refractivity contribution in [3.8, 4) is 22.6 Å². The number of nitrogens with two attached hydrogens (primary N) is 1. The van der Waals surface area contributed by atoms with Crippen molar-refractivity contribution in [1.29, 1.82) is 0 Å². The summed E-state index contributed by atoms with van der Waals surface area (Å²) in [6.07, 6.45) is 9.22. The zero-order valence-corrected chi connectivity index (χ0v) is 42.8. The van der Waals surface area contributed by atoms with E-state index in [0.29, 0.717) is 68.9 Å². The molecular weight excluding hydrogens is 1000 g/mol. The summed E-state index contributed by atoms with van der Waals surface area (Å²) >= 11 is 6.70. The zero-order chi connectivity index (χ0) is 53.0. The van der Waals surface area contributed by atoms with E-state index in [4.69, 9.17) is 26.8 Å². The molecule has 75 heavy (non-hydrogen) atoms. The average Bonchev–Trinajstić information content (AvgIpc) is 4.14. The maximum absolute atomic E-state index is 16.5. The van der Waals surface area contributed by atoms with Gasteiger partial charge in [0.1, 0.15) is 29.5 Å². The Morgan fingerprint density at radius 1 is 0.947 bits per heavy atom. The predicted octanol–water partition coefficient (Wildman–Crippen LogP) is 6.76. The van der Waals surface area contributed by atoms with Crippen molar-refractivity contribution in [2.75, 3.05) is 63.9 Å². The third-order valence-corrected chi connectivity index (χ3v) is 16.7. The molecule has 5 N–H and O–H groups in total. The van der Waals surface area contributed by atoms with Crippen molar-refractivity contribution in [3.63, 3.8) is 0 Å². The second-order valence-electron chi connectivity index (χ2n) is 20.8. The summed E-state index contributed by atoms with van der Waals surface area (Å²) < 4.78 is 79.5. The second-order valence-corrected chi connectivity index (χ2v) is 21.1. The molecule has 3 saturated heterocycles. The van der Waals surface area contributed by atoms with Crippen LogP contribution in [0.15, 0.2) is 36.7 Å². The number of carbonyl (C=O) groups is 4. The van der Waals surface area contributed by atoms with Crippen LogP contribution in [0.3, 0.4) is 0 Å². The summed E-state index contributed by atoms with van der Waals surface area (Å²) in [6, 6.07) is 4.25. The third-order valence-electron chi connectivity index (χ3n) is 16.3. The summed E-state index contributed by atoms with van der Waals surface area (Å²) in [4.78, 5) is 56.6. The first kappa shape index (κ1) is 52.2. The molecule has 2 aromatic heterocycles. The number of nitrogens with zero attached hydrogens (tertiary/aromatic N) is 7. The molecule has 6 heterocycles. The molecule has 0 radical (unpaired) electrons. The number of rotatable bonds is 14. The van der Waals surface area contributed by atoms with E-state index < -0.39 is 64.3 Å². The number of hydrogen-bond donors (Lipinski definition) is 4. The lowest BCUT2D eigenvalue weighted by atomic mass is 9.77. The van der Waals surface area contributed by atoms with Gasteiger partial charge in [-0.2, -0.15) is 10.2 Å². The Labute approximate surface area is 435 Å². The molecule has 0 bridgehead atoms. The van der Waals surface area contributed by atoms with E-state index in [2.05, 4.69) is 25.7 Å². The number of benzene rings is 3. The number of aliphatic hydroxyl groups is 1. The number of carbonyl (C=O) groups excluding carboxylic acids is 4. The third kappa shape index (κ3) is 9.69. The number of halogens is 5. The molecule has 10 rings (SSSR count). The first-order chi connectivity index (χ1) is 36.0. The van der Waals surface area contributed by atoms with Gasteiger partial charge in [0.2, 0.25) is 17.7 Å². The van der Waals surface area contributed by atoms with Crippen LogP contribution in [-0.4, -0.2) is 123 Å². The van der Waals surface area contributed by atoms with Crippen LogP contribution in [0, 0.1) is 35.1 Å². The van der Waals surface area contributed by atoms with E-state index in [1.54, 1.807) is 31.2 Å². The van der Waals surface area contributed by atoms with Crippen LogP contribution in [0.1, 0.15) is 104 Å². The SMILES string of the molecule is CC1c2c(cc(F)c(Cl)c2-c2c(C(N)=O)ccc(OCCO)c2F)OC1(CNC1CCC(C(=O)N2CCC(CN3CCC(c4c(F)cc5c(N6CCC(=O)NC6=O)nn(C)c5c4F)CC3)CC2)CC1)c1cnn(C)c1. The van der Waals surface area contributed by atoms with Gasteiger partial charge in [-0.05, 0) is 94.5 Å². The molecule has 4 aliphatic heterocycles. The van der Waals surface area contributed by atoms with Gasteiger partial charge in [0.25, 0.3) is 0 Å². The molecule has 17 nitrogen and oxygen atoms in total. The normalized spacial score (nSPS) is 22.9. The molecule has 5 aliphatic rings. The van der Waals surface area contributed by atoms with Crippen LogP contribution < -0.4 is 30.7 Å². The van der Waals surface area contributed by atoms with E-state index in [-0.39, 0.29) is 100 Å². The Bertz CT molecular complexity index is 3060. The number of aliphatic hydroxyl groups excluding tert-OH is 1. The van der Waals surface area contributed by atoms with Gasteiger partial charge in [-0.1, -0.05) is 18.5 Å². The van der Waals surface area contributed by atoms with Crippen LogP contribution in [0.25, 0.3) is 22.0 Å². The zero-order valence-electron chi connectivity index (χ0n) is 42.1. The van der Waals surface area contributed by atoms with Gasteiger partial charge in [-0.25, -0.2) is 22.4 Å². The lowest BCUT2D eigenvalue weighted by Crippen LogP contribution is -2.49. The van der Waals surface area contributed by atoms with Crippen LogP contribution in [0.4, 0.5) is 28.2 Å². The molecule has 2 atom stereocenters. The largest absolute Gasteiger partial charge is 0.488 e. The summed E-state index contributed by atoms with van der Waals surface area (Å²) in [5.74, 6) is -5.21. The molecule has 0 spiro atoms. The molecule has 2 unspecified atom stereocenters. The number of likely N-dealkylation sites (tertiary alicyclic amines) is 2. The van der Waals surface area contributed by atoms with E-state index in [1.165, 1.54) is 27.8 Å². The monoisotopic (exact) mass is 1060 g/mol. The Balaban J connectivity index is 0.739. The maximum atomic E-state index is 16.5. The van der Waals surface area contributed by atoms with Gasteiger partial charge in [-0.3, -0.25) is 34.0 Å². The van der Waals surface area contributed by atoms with Crippen LogP contribution in [-0.2, 0) is 29.3 Å². The van der Waals surface area contributed by atoms with E-state index in [9.17, 15) is 24.3 Å². The van der Waals surface area contributed by atoms with Gasteiger partial charge in [0.05, 0.1) is 28.8 Å². The van der Waals surface area contributed by atoms with E-state index in [1.807, 2.05) is 11.8 Å². The van der Waals surface area contributed by atoms with E-state index in [0.717, 1.165) is 38.3 Å². The number of aryl methyl sites for hydroxylation is 2. The average molecular weight is 1060 g/mol.